The number of rotatable bonds is 6. The first-order valence-electron chi connectivity index (χ1n) is 5.65. The molecular formula is C11H17N3O4. The van der Waals surface area contributed by atoms with Gasteiger partial charge < -0.3 is 20.5 Å². The zero-order valence-electron chi connectivity index (χ0n) is 10.3. The zero-order valence-corrected chi connectivity index (χ0v) is 10.3. The molecule has 7 heteroatoms. The maximum atomic E-state index is 11.9. The fourth-order valence-corrected chi connectivity index (χ4v) is 1.58. The molecule has 1 rings (SSSR count). The number of aliphatic hydroxyl groups excluding tert-OH is 1. The Morgan fingerprint density at radius 1 is 1.50 bits per heavy atom. The van der Waals surface area contributed by atoms with Crippen molar-refractivity contribution in [1.82, 2.24) is 15.3 Å². The van der Waals surface area contributed by atoms with E-state index in [2.05, 4.69) is 15.3 Å². The molecule has 0 radical (unpaired) electrons. The van der Waals surface area contributed by atoms with E-state index in [1.807, 2.05) is 13.8 Å². The first-order chi connectivity index (χ1) is 8.47. The van der Waals surface area contributed by atoms with Crippen LogP contribution in [-0.2, 0) is 0 Å². The van der Waals surface area contributed by atoms with Crippen LogP contribution >= 0.6 is 0 Å². The Balaban J connectivity index is 2.80. The summed E-state index contributed by atoms with van der Waals surface area (Å²) in [6.45, 7) is 3.77. The molecule has 100 valence electrons. The molecule has 4 N–H and O–H groups in total. The number of hydrogen-bond acceptors (Lipinski definition) is 4. The fraction of sp³-hybridized carbons (Fsp3) is 0.545. The third-order valence-electron chi connectivity index (χ3n) is 2.63. The highest BCUT2D eigenvalue weighted by Gasteiger charge is 2.23. The molecule has 1 amide bonds. The second-order valence-corrected chi connectivity index (χ2v) is 4.27. The number of aromatic amines is 1. The Morgan fingerprint density at radius 2 is 2.17 bits per heavy atom. The topological polar surface area (TPSA) is 115 Å². The van der Waals surface area contributed by atoms with Gasteiger partial charge in [-0.1, -0.05) is 13.8 Å². The monoisotopic (exact) mass is 255 g/mol. The molecule has 1 heterocycles. The van der Waals surface area contributed by atoms with Crippen LogP contribution in [0.15, 0.2) is 6.33 Å². The number of hydrogen-bond donors (Lipinski definition) is 4. The predicted octanol–water partition coefficient (Wildman–Crippen LogP) is 0.245. The van der Waals surface area contributed by atoms with Gasteiger partial charge in [-0.2, -0.15) is 0 Å². The molecular weight excluding hydrogens is 238 g/mol. The van der Waals surface area contributed by atoms with E-state index in [4.69, 9.17) is 10.2 Å². The van der Waals surface area contributed by atoms with Crippen molar-refractivity contribution in [1.29, 1.82) is 0 Å². The third kappa shape index (κ3) is 3.30. The van der Waals surface area contributed by atoms with Crippen LogP contribution in [0.1, 0.15) is 41.2 Å². The summed E-state index contributed by atoms with van der Waals surface area (Å²) >= 11 is 0. The molecule has 7 nitrogen and oxygen atoms in total. The number of nitrogens with one attached hydrogen (secondary N) is 2. The second-order valence-electron chi connectivity index (χ2n) is 4.27. The van der Waals surface area contributed by atoms with Crippen LogP contribution in [0.2, 0.25) is 0 Å². The van der Waals surface area contributed by atoms with E-state index in [-0.39, 0.29) is 30.0 Å². The molecule has 1 aromatic heterocycles. The van der Waals surface area contributed by atoms with Crippen molar-refractivity contribution >= 4 is 11.9 Å². The SMILES string of the molecule is CC(C)C(CCO)NC(=O)c1nc[nH]c1C(=O)O. The summed E-state index contributed by atoms with van der Waals surface area (Å²) in [6.07, 6.45) is 1.57. The lowest BCUT2D eigenvalue weighted by Crippen LogP contribution is -2.39. The fourth-order valence-electron chi connectivity index (χ4n) is 1.58. The molecule has 0 aliphatic carbocycles. The highest BCUT2D eigenvalue weighted by Crippen LogP contribution is 2.08. The molecule has 0 fully saturated rings. The van der Waals surface area contributed by atoms with E-state index < -0.39 is 11.9 Å². The van der Waals surface area contributed by atoms with Crippen molar-refractivity contribution in [2.75, 3.05) is 6.61 Å². The average molecular weight is 255 g/mol. The van der Waals surface area contributed by atoms with Gasteiger partial charge >= 0.3 is 5.97 Å². The second kappa shape index (κ2) is 6.15. The lowest BCUT2D eigenvalue weighted by atomic mass is 10.0. The Kier molecular flexibility index (Phi) is 4.85. The molecule has 0 saturated carbocycles. The molecule has 0 bridgehead atoms. The van der Waals surface area contributed by atoms with Gasteiger partial charge in [-0.05, 0) is 12.3 Å². The lowest BCUT2D eigenvalue weighted by Gasteiger charge is -2.21. The Hall–Kier alpha value is -1.89. The van der Waals surface area contributed by atoms with Crippen molar-refractivity contribution < 1.29 is 19.8 Å². The quantitative estimate of drug-likeness (QED) is 0.581. The van der Waals surface area contributed by atoms with Crippen LogP contribution in [0, 0.1) is 5.92 Å². The van der Waals surface area contributed by atoms with E-state index in [1.165, 1.54) is 0 Å². The summed E-state index contributed by atoms with van der Waals surface area (Å²) in [5, 5.41) is 20.4. The molecule has 1 aromatic rings. The molecule has 0 spiro atoms. The van der Waals surface area contributed by atoms with Crippen molar-refractivity contribution in [2.45, 2.75) is 26.3 Å². The van der Waals surface area contributed by atoms with E-state index in [1.54, 1.807) is 0 Å². The normalized spacial score (nSPS) is 12.4. The first-order valence-corrected chi connectivity index (χ1v) is 5.65. The van der Waals surface area contributed by atoms with Crippen molar-refractivity contribution in [3.05, 3.63) is 17.7 Å². The highest BCUT2D eigenvalue weighted by molar-refractivity contribution is 6.02. The standard InChI is InChI=1S/C11H17N3O4/c1-6(2)7(3-4-15)14-10(16)8-9(11(17)18)13-5-12-8/h5-7,15H,3-4H2,1-2H3,(H,12,13)(H,14,16)(H,17,18). The van der Waals surface area contributed by atoms with Crippen LogP contribution in [0.5, 0.6) is 0 Å². The number of carbonyl (C=O) groups is 2. The zero-order chi connectivity index (χ0) is 13.7. The van der Waals surface area contributed by atoms with Gasteiger partial charge in [-0.3, -0.25) is 4.79 Å². The highest BCUT2D eigenvalue weighted by atomic mass is 16.4. The van der Waals surface area contributed by atoms with Crippen LogP contribution in [0.3, 0.4) is 0 Å². The summed E-state index contributed by atoms with van der Waals surface area (Å²) in [6, 6.07) is -0.221. The molecule has 0 saturated heterocycles. The van der Waals surface area contributed by atoms with Crippen molar-refractivity contribution in [3.8, 4) is 0 Å². The average Bonchev–Trinajstić information content (AvgIpc) is 2.77. The van der Waals surface area contributed by atoms with E-state index in [0.717, 1.165) is 6.33 Å². The number of carboxylic acids is 1. The number of carbonyl (C=O) groups excluding carboxylic acids is 1. The van der Waals surface area contributed by atoms with Gasteiger partial charge in [0.2, 0.25) is 0 Å². The van der Waals surface area contributed by atoms with Crippen LogP contribution in [0.25, 0.3) is 0 Å². The van der Waals surface area contributed by atoms with Crippen LogP contribution in [0.4, 0.5) is 0 Å². The number of aliphatic hydroxyl groups is 1. The minimum absolute atomic E-state index is 0.0462. The number of nitrogens with zero attached hydrogens (tertiary/aromatic N) is 1. The van der Waals surface area contributed by atoms with Crippen molar-refractivity contribution in [2.24, 2.45) is 5.92 Å². The van der Waals surface area contributed by atoms with Gasteiger partial charge in [0.05, 0.1) is 6.33 Å². The first kappa shape index (κ1) is 14.2. The minimum atomic E-state index is -1.24. The van der Waals surface area contributed by atoms with Gasteiger partial charge in [0.15, 0.2) is 11.4 Å². The Bertz CT molecular complexity index is 428. The third-order valence-corrected chi connectivity index (χ3v) is 2.63. The number of carboxylic acid groups (broad SMARTS) is 1. The van der Waals surface area contributed by atoms with Crippen LogP contribution < -0.4 is 5.32 Å². The number of aromatic carboxylic acids is 1. The van der Waals surface area contributed by atoms with Gasteiger partial charge in [0.25, 0.3) is 5.91 Å². The Labute approximate surface area is 104 Å². The van der Waals surface area contributed by atoms with Gasteiger partial charge in [0.1, 0.15) is 0 Å². The molecule has 1 atom stereocenters. The maximum absolute atomic E-state index is 11.9. The maximum Gasteiger partial charge on any atom is 0.354 e. The molecule has 1 unspecified atom stereocenters. The van der Waals surface area contributed by atoms with E-state index in [0.29, 0.717) is 6.42 Å². The Morgan fingerprint density at radius 3 is 2.67 bits per heavy atom. The summed E-state index contributed by atoms with van der Waals surface area (Å²) in [7, 11) is 0. The lowest BCUT2D eigenvalue weighted by molar-refractivity contribution is 0.0683. The summed E-state index contributed by atoms with van der Waals surface area (Å²) in [5.74, 6) is -1.66. The molecule has 18 heavy (non-hydrogen) atoms. The van der Waals surface area contributed by atoms with E-state index >= 15 is 0 Å². The summed E-state index contributed by atoms with van der Waals surface area (Å²) < 4.78 is 0. The smallest absolute Gasteiger partial charge is 0.354 e. The molecule has 0 aromatic carbocycles. The number of amides is 1. The largest absolute Gasteiger partial charge is 0.477 e. The number of imidazole rings is 1. The number of aromatic nitrogens is 2. The number of H-pyrrole nitrogens is 1. The van der Waals surface area contributed by atoms with Gasteiger partial charge in [-0.15, -0.1) is 0 Å². The molecule has 0 aliphatic rings. The van der Waals surface area contributed by atoms with Crippen LogP contribution in [-0.4, -0.2) is 44.7 Å². The predicted molar refractivity (Wildman–Crippen MR) is 63.3 cm³/mol. The van der Waals surface area contributed by atoms with Crippen molar-refractivity contribution in [3.63, 3.8) is 0 Å². The molecule has 0 aliphatic heterocycles. The summed E-state index contributed by atoms with van der Waals surface area (Å²) in [5.41, 5.74) is -0.384. The summed E-state index contributed by atoms with van der Waals surface area (Å²) in [4.78, 5) is 28.8. The van der Waals surface area contributed by atoms with Gasteiger partial charge in [-0.25, -0.2) is 9.78 Å². The van der Waals surface area contributed by atoms with E-state index in [9.17, 15) is 9.59 Å². The minimum Gasteiger partial charge on any atom is -0.477 e. The van der Waals surface area contributed by atoms with Gasteiger partial charge in [0, 0.05) is 12.6 Å².